The second kappa shape index (κ2) is 4.98. The third-order valence-corrected chi connectivity index (χ3v) is 5.22. The summed E-state index contributed by atoms with van der Waals surface area (Å²) < 4.78 is 1.91. The normalized spacial score (nSPS) is 29.7. The van der Waals surface area contributed by atoms with Gasteiger partial charge in [-0.2, -0.15) is 4.98 Å². The van der Waals surface area contributed by atoms with Crippen molar-refractivity contribution in [3.8, 4) is 0 Å². The summed E-state index contributed by atoms with van der Waals surface area (Å²) in [7, 11) is 2.29. The number of rotatable bonds is 2. The second-order valence-electron chi connectivity index (χ2n) is 6.59. The lowest BCUT2D eigenvalue weighted by Gasteiger charge is -2.47. The molecular weight excluding hydrogens is 262 g/mol. The van der Waals surface area contributed by atoms with E-state index in [0.717, 1.165) is 29.4 Å². The van der Waals surface area contributed by atoms with E-state index in [0.29, 0.717) is 6.04 Å². The highest BCUT2D eigenvalue weighted by atomic mass is 15.4. The van der Waals surface area contributed by atoms with Gasteiger partial charge in [0.05, 0.1) is 0 Å². The molecule has 1 N–H and O–H groups in total. The molecule has 2 bridgehead atoms. The summed E-state index contributed by atoms with van der Waals surface area (Å²) in [4.78, 5) is 7.19. The van der Waals surface area contributed by atoms with E-state index in [1.807, 2.05) is 16.6 Å². The lowest BCUT2D eigenvalue weighted by molar-refractivity contribution is 0.0607. The zero-order valence-electron chi connectivity index (χ0n) is 12.8. The molecule has 4 heterocycles. The molecule has 5 heteroatoms. The maximum atomic E-state index is 4.61. The van der Waals surface area contributed by atoms with Crippen LogP contribution in [-0.2, 0) is 0 Å². The van der Waals surface area contributed by atoms with E-state index in [1.54, 1.807) is 0 Å². The van der Waals surface area contributed by atoms with Crippen LogP contribution < -0.4 is 5.32 Å². The molecule has 0 aromatic carbocycles. The Hall–Kier alpha value is -1.62. The molecule has 21 heavy (non-hydrogen) atoms. The predicted molar refractivity (Wildman–Crippen MR) is 83.6 cm³/mol. The summed E-state index contributed by atoms with van der Waals surface area (Å²) in [6, 6.07) is 8.07. The molecule has 0 spiro atoms. The Kier molecular flexibility index (Phi) is 3.10. The molecule has 2 aromatic rings. The molecule has 5 nitrogen and oxygen atoms in total. The molecular formula is C16H23N5. The number of fused-ring (bicyclic) bond motifs is 3. The fourth-order valence-electron chi connectivity index (χ4n) is 4.01. The van der Waals surface area contributed by atoms with Gasteiger partial charge in [-0.1, -0.05) is 12.5 Å². The Morgan fingerprint density at radius 3 is 2.67 bits per heavy atom. The van der Waals surface area contributed by atoms with Gasteiger partial charge in [0.2, 0.25) is 5.95 Å². The summed E-state index contributed by atoms with van der Waals surface area (Å²) >= 11 is 0. The molecule has 112 valence electrons. The van der Waals surface area contributed by atoms with E-state index < -0.39 is 0 Å². The van der Waals surface area contributed by atoms with Crippen LogP contribution in [0.3, 0.4) is 0 Å². The Morgan fingerprint density at radius 1 is 1.19 bits per heavy atom. The maximum Gasteiger partial charge on any atom is 0.243 e. The highest BCUT2D eigenvalue weighted by molar-refractivity contribution is 5.44. The molecule has 2 fully saturated rings. The highest BCUT2D eigenvalue weighted by Crippen LogP contribution is 2.33. The summed E-state index contributed by atoms with van der Waals surface area (Å²) in [6.07, 6.45) is 6.48. The molecule has 0 radical (unpaired) electrons. The fraction of sp³-hybridized carbons (Fsp3) is 0.625. The Morgan fingerprint density at radius 2 is 1.95 bits per heavy atom. The number of aryl methyl sites for hydroxylation is 1. The van der Waals surface area contributed by atoms with Crippen molar-refractivity contribution in [3.05, 3.63) is 23.9 Å². The first kappa shape index (κ1) is 13.1. The summed E-state index contributed by atoms with van der Waals surface area (Å²) in [5, 5.41) is 8.18. The smallest absolute Gasteiger partial charge is 0.243 e. The highest BCUT2D eigenvalue weighted by Gasteiger charge is 2.36. The molecule has 0 saturated carbocycles. The Balaban J connectivity index is 1.54. The van der Waals surface area contributed by atoms with Crippen molar-refractivity contribution in [3.63, 3.8) is 0 Å². The van der Waals surface area contributed by atoms with Gasteiger partial charge in [0.1, 0.15) is 0 Å². The minimum absolute atomic E-state index is 0.509. The minimum Gasteiger partial charge on any atom is -0.350 e. The Bertz CT molecular complexity index is 635. The van der Waals surface area contributed by atoms with Crippen LogP contribution in [0.1, 0.15) is 37.8 Å². The van der Waals surface area contributed by atoms with Gasteiger partial charge in [0.25, 0.3) is 0 Å². The van der Waals surface area contributed by atoms with Crippen molar-refractivity contribution >= 4 is 11.6 Å². The van der Waals surface area contributed by atoms with Gasteiger partial charge in [-0.15, -0.1) is 5.10 Å². The zero-order valence-corrected chi connectivity index (χ0v) is 12.8. The standard InChI is InChI=1S/C16H23N5/c1-11-5-3-8-15-18-16(19-21(11)15)17-12-9-13-6-4-7-14(10-12)20(13)2/h3,5,8,12-14H,4,6-7,9-10H2,1-2H3,(H,17,19). The summed E-state index contributed by atoms with van der Waals surface area (Å²) in [5.41, 5.74) is 2.04. The topological polar surface area (TPSA) is 45.5 Å². The van der Waals surface area contributed by atoms with Gasteiger partial charge >= 0.3 is 0 Å². The predicted octanol–water partition coefficient (Wildman–Crippen LogP) is 2.46. The largest absolute Gasteiger partial charge is 0.350 e. The average Bonchev–Trinajstić information content (AvgIpc) is 2.84. The lowest BCUT2D eigenvalue weighted by Crippen LogP contribution is -2.52. The van der Waals surface area contributed by atoms with Gasteiger partial charge in [0.15, 0.2) is 5.65 Å². The van der Waals surface area contributed by atoms with E-state index in [9.17, 15) is 0 Å². The first-order valence-corrected chi connectivity index (χ1v) is 8.01. The van der Waals surface area contributed by atoms with Gasteiger partial charge in [-0.25, -0.2) is 4.52 Å². The van der Waals surface area contributed by atoms with E-state index in [4.69, 9.17) is 0 Å². The number of hydrogen-bond donors (Lipinski definition) is 1. The molecule has 0 aliphatic carbocycles. The first-order valence-electron chi connectivity index (χ1n) is 8.01. The van der Waals surface area contributed by atoms with Crippen molar-refractivity contribution in [1.29, 1.82) is 0 Å². The van der Waals surface area contributed by atoms with Crippen LogP contribution in [0.4, 0.5) is 5.95 Å². The van der Waals surface area contributed by atoms with Gasteiger partial charge in [0, 0.05) is 23.8 Å². The minimum atomic E-state index is 0.509. The van der Waals surface area contributed by atoms with E-state index in [2.05, 4.69) is 40.3 Å². The molecule has 2 aromatic heterocycles. The SMILES string of the molecule is Cc1cccc2nc(NC3CC4CCCC(C3)N4C)nn12. The summed E-state index contributed by atoms with van der Waals surface area (Å²) in [5.74, 6) is 0.775. The van der Waals surface area contributed by atoms with E-state index in [-0.39, 0.29) is 0 Å². The second-order valence-corrected chi connectivity index (χ2v) is 6.59. The third-order valence-electron chi connectivity index (χ3n) is 5.22. The quantitative estimate of drug-likeness (QED) is 0.920. The average molecular weight is 285 g/mol. The number of aromatic nitrogens is 3. The number of piperidine rings is 2. The number of hydrogen-bond acceptors (Lipinski definition) is 4. The van der Waals surface area contributed by atoms with Crippen LogP contribution in [0.2, 0.25) is 0 Å². The number of nitrogens with one attached hydrogen (secondary N) is 1. The van der Waals surface area contributed by atoms with Crippen LogP contribution in [0.5, 0.6) is 0 Å². The lowest BCUT2D eigenvalue weighted by atomic mass is 9.82. The fourth-order valence-corrected chi connectivity index (χ4v) is 4.01. The molecule has 2 unspecified atom stereocenters. The molecule has 4 rings (SSSR count). The van der Waals surface area contributed by atoms with Crippen LogP contribution in [-0.4, -0.2) is 44.7 Å². The van der Waals surface area contributed by atoms with Crippen molar-refractivity contribution < 1.29 is 0 Å². The maximum absolute atomic E-state index is 4.61. The van der Waals surface area contributed by atoms with Crippen LogP contribution in [0.15, 0.2) is 18.2 Å². The molecule has 2 saturated heterocycles. The summed E-state index contributed by atoms with van der Waals surface area (Å²) in [6.45, 7) is 2.06. The monoisotopic (exact) mass is 285 g/mol. The molecule has 2 aliphatic rings. The van der Waals surface area contributed by atoms with Crippen LogP contribution in [0.25, 0.3) is 5.65 Å². The molecule has 2 aliphatic heterocycles. The van der Waals surface area contributed by atoms with Gasteiger partial charge in [-0.3, -0.25) is 0 Å². The number of pyridine rings is 1. The number of nitrogens with zero attached hydrogens (tertiary/aromatic N) is 4. The van der Waals surface area contributed by atoms with Crippen LogP contribution >= 0.6 is 0 Å². The van der Waals surface area contributed by atoms with Gasteiger partial charge < -0.3 is 10.2 Å². The zero-order chi connectivity index (χ0) is 14.4. The van der Waals surface area contributed by atoms with E-state index in [1.165, 1.54) is 32.1 Å². The van der Waals surface area contributed by atoms with Crippen molar-refractivity contribution in [2.75, 3.05) is 12.4 Å². The molecule has 0 amide bonds. The number of anilines is 1. The van der Waals surface area contributed by atoms with Crippen molar-refractivity contribution in [2.24, 2.45) is 0 Å². The van der Waals surface area contributed by atoms with Gasteiger partial charge in [-0.05, 0) is 51.8 Å². The van der Waals surface area contributed by atoms with Crippen molar-refractivity contribution in [1.82, 2.24) is 19.5 Å². The van der Waals surface area contributed by atoms with Crippen LogP contribution in [0, 0.1) is 6.92 Å². The molecule has 2 atom stereocenters. The Labute approximate surface area is 125 Å². The first-order chi connectivity index (χ1) is 10.2. The van der Waals surface area contributed by atoms with E-state index >= 15 is 0 Å². The third kappa shape index (κ3) is 2.29. The van der Waals surface area contributed by atoms with Crippen molar-refractivity contribution in [2.45, 2.75) is 57.2 Å².